The monoisotopic (exact) mass is 292 g/mol. The molecule has 6 nitrogen and oxygen atoms in total. The molecule has 2 atom stereocenters. The molecular weight excluding hydrogens is 268 g/mol. The normalized spacial score (nSPS) is 30.5. The van der Waals surface area contributed by atoms with Gasteiger partial charge in [-0.1, -0.05) is 6.42 Å². The summed E-state index contributed by atoms with van der Waals surface area (Å²) < 4.78 is 33.9. The van der Waals surface area contributed by atoms with E-state index in [1.165, 1.54) is 8.61 Å². The molecule has 1 saturated carbocycles. The molecule has 7 heteroatoms. The maximum atomic E-state index is 12.7. The van der Waals surface area contributed by atoms with Gasteiger partial charge in [0.25, 0.3) is 10.2 Å². The Labute approximate surface area is 115 Å². The maximum absolute atomic E-state index is 12.7. The van der Waals surface area contributed by atoms with Crippen LogP contribution >= 0.6 is 0 Å². The van der Waals surface area contributed by atoms with Gasteiger partial charge in [0.05, 0.1) is 18.8 Å². The summed E-state index contributed by atoms with van der Waals surface area (Å²) in [5.74, 6) is 0. The Morgan fingerprint density at radius 2 is 1.84 bits per heavy atom. The van der Waals surface area contributed by atoms with Crippen molar-refractivity contribution in [2.45, 2.75) is 51.4 Å². The van der Waals surface area contributed by atoms with E-state index in [1.807, 2.05) is 13.8 Å². The second kappa shape index (κ2) is 6.05. The van der Waals surface area contributed by atoms with Gasteiger partial charge in [-0.05, 0) is 26.7 Å². The van der Waals surface area contributed by atoms with Crippen molar-refractivity contribution < 1.29 is 18.3 Å². The zero-order chi connectivity index (χ0) is 14.0. The van der Waals surface area contributed by atoms with Crippen LogP contribution in [-0.2, 0) is 14.9 Å². The minimum atomic E-state index is -3.49. The van der Waals surface area contributed by atoms with E-state index in [2.05, 4.69) is 0 Å². The molecule has 0 spiro atoms. The molecule has 1 saturated heterocycles. The van der Waals surface area contributed by atoms with Gasteiger partial charge in [-0.2, -0.15) is 17.0 Å². The molecule has 2 fully saturated rings. The smallest absolute Gasteiger partial charge is 0.282 e. The number of aliphatic hydroxyl groups is 1. The minimum absolute atomic E-state index is 0.0607. The number of hydrogen-bond donors (Lipinski definition) is 1. The van der Waals surface area contributed by atoms with Crippen molar-refractivity contribution in [2.24, 2.45) is 0 Å². The lowest BCUT2D eigenvalue weighted by molar-refractivity contribution is -0.0462. The molecule has 2 unspecified atom stereocenters. The molecule has 19 heavy (non-hydrogen) atoms. The molecule has 0 aromatic carbocycles. The van der Waals surface area contributed by atoms with Gasteiger partial charge in [0.15, 0.2) is 0 Å². The van der Waals surface area contributed by atoms with Crippen molar-refractivity contribution in [3.63, 3.8) is 0 Å². The van der Waals surface area contributed by atoms with E-state index in [0.29, 0.717) is 13.1 Å². The van der Waals surface area contributed by atoms with Gasteiger partial charge in [0.1, 0.15) is 0 Å². The highest BCUT2D eigenvalue weighted by Gasteiger charge is 2.39. The number of hydrogen-bond acceptors (Lipinski definition) is 4. The fourth-order valence-electron chi connectivity index (χ4n) is 2.73. The molecule has 1 N–H and O–H groups in total. The summed E-state index contributed by atoms with van der Waals surface area (Å²) in [4.78, 5) is 0. The lowest BCUT2D eigenvalue weighted by Gasteiger charge is -2.42. The third-order valence-corrected chi connectivity index (χ3v) is 5.84. The second-order valence-corrected chi connectivity index (χ2v) is 7.38. The third-order valence-electron chi connectivity index (χ3n) is 3.81. The van der Waals surface area contributed by atoms with Crippen LogP contribution in [0.4, 0.5) is 0 Å². The second-order valence-electron chi connectivity index (χ2n) is 5.50. The zero-order valence-electron chi connectivity index (χ0n) is 11.7. The first-order valence-electron chi connectivity index (χ1n) is 6.98. The number of morpholine rings is 1. The minimum Gasteiger partial charge on any atom is -0.395 e. The maximum Gasteiger partial charge on any atom is 0.282 e. The first kappa shape index (κ1) is 15.2. The number of aliphatic hydroxyl groups excluding tert-OH is 1. The molecule has 1 aliphatic carbocycles. The Morgan fingerprint density at radius 1 is 1.26 bits per heavy atom. The molecule has 1 heterocycles. The molecule has 0 bridgehead atoms. The highest BCUT2D eigenvalue weighted by atomic mass is 32.2. The van der Waals surface area contributed by atoms with Crippen molar-refractivity contribution in [1.29, 1.82) is 0 Å². The number of nitrogens with zero attached hydrogens (tertiary/aromatic N) is 2. The summed E-state index contributed by atoms with van der Waals surface area (Å²) in [5.41, 5.74) is 0. The van der Waals surface area contributed by atoms with Crippen LogP contribution in [0.2, 0.25) is 0 Å². The standard InChI is InChI=1S/C12H24N2O4S/c1-10-8-13(9-11(2)18-10)19(16,17)14(6-7-15)12-4-3-5-12/h10-12,15H,3-9H2,1-2H3. The van der Waals surface area contributed by atoms with Crippen molar-refractivity contribution >= 4 is 10.2 Å². The molecule has 0 radical (unpaired) electrons. The lowest BCUT2D eigenvalue weighted by Crippen LogP contribution is -2.56. The summed E-state index contributed by atoms with van der Waals surface area (Å²) in [6.07, 6.45) is 2.69. The van der Waals surface area contributed by atoms with Gasteiger partial charge in [-0.25, -0.2) is 0 Å². The number of rotatable bonds is 5. The number of ether oxygens (including phenoxy) is 1. The molecular formula is C12H24N2O4S. The van der Waals surface area contributed by atoms with Crippen molar-refractivity contribution in [3.8, 4) is 0 Å². The average Bonchev–Trinajstić information content (AvgIpc) is 2.24. The summed E-state index contributed by atoms with van der Waals surface area (Å²) >= 11 is 0. The molecule has 112 valence electrons. The first-order chi connectivity index (χ1) is 8.95. The van der Waals surface area contributed by atoms with E-state index in [-0.39, 0.29) is 31.4 Å². The largest absolute Gasteiger partial charge is 0.395 e. The van der Waals surface area contributed by atoms with E-state index in [0.717, 1.165) is 19.3 Å². The van der Waals surface area contributed by atoms with Gasteiger partial charge >= 0.3 is 0 Å². The molecule has 2 aliphatic rings. The highest BCUT2D eigenvalue weighted by Crippen LogP contribution is 2.29. The Kier molecular flexibility index (Phi) is 4.84. The van der Waals surface area contributed by atoms with Gasteiger partial charge in [-0.15, -0.1) is 0 Å². The molecule has 1 aliphatic heterocycles. The predicted octanol–water partition coefficient (Wildman–Crippen LogP) is 0.187. The Hall–Kier alpha value is -0.210. The highest BCUT2D eigenvalue weighted by molar-refractivity contribution is 7.86. The third kappa shape index (κ3) is 3.28. The summed E-state index contributed by atoms with van der Waals surface area (Å²) in [7, 11) is -3.49. The first-order valence-corrected chi connectivity index (χ1v) is 8.38. The Balaban J connectivity index is 2.13. The summed E-state index contributed by atoms with van der Waals surface area (Å²) in [5, 5.41) is 9.12. The van der Waals surface area contributed by atoms with Crippen LogP contribution in [0.25, 0.3) is 0 Å². The van der Waals surface area contributed by atoms with Crippen LogP contribution in [0, 0.1) is 0 Å². The van der Waals surface area contributed by atoms with Crippen molar-refractivity contribution in [3.05, 3.63) is 0 Å². The van der Waals surface area contributed by atoms with E-state index >= 15 is 0 Å². The van der Waals surface area contributed by atoms with Crippen molar-refractivity contribution in [2.75, 3.05) is 26.2 Å². The Morgan fingerprint density at radius 3 is 2.26 bits per heavy atom. The van der Waals surface area contributed by atoms with E-state index < -0.39 is 10.2 Å². The van der Waals surface area contributed by atoms with Crippen LogP contribution in [0.1, 0.15) is 33.1 Å². The molecule has 2 rings (SSSR count). The fraction of sp³-hybridized carbons (Fsp3) is 1.00. The van der Waals surface area contributed by atoms with Gasteiger partial charge in [-0.3, -0.25) is 0 Å². The van der Waals surface area contributed by atoms with E-state index in [1.54, 1.807) is 0 Å². The topological polar surface area (TPSA) is 70.1 Å². The quantitative estimate of drug-likeness (QED) is 0.785. The average molecular weight is 292 g/mol. The zero-order valence-corrected chi connectivity index (χ0v) is 12.5. The molecule has 0 amide bonds. The molecule has 0 aromatic heterocycles. The predicted molar refractivity (Wildman–Crippen MR) is 71.9 cm³/mol. The van der Waals surface area contributed by atoms with Gasteiger partial charge in [0, 0.05) is 25.7 Å². The van der Waals surface area contributed by atoms with Crippen LogP contribution in [0.3, 0.4) is 0 Å². The SMILES string of the molecule is CC1CN(S(=O)(=O)N(CCO)C2CCC2)CC(C)O1. The summed E-state index contributed by atoms with van der Waals surface area (Å²) in [6.45, 7) is 4.61. The van der Waals surface area contributed by atoms with Crippen LogP contribution in [0.15, 0.2) is 0 Å². The van der Waals surface area contributed by atoms with Crippen molar-refractivity contribution in [1.82, 2.24) is 8.61 Å². The van der Waals surface area contributed by atoms with Gasteiger partial charge < -0.3 is 9.84 Å². The lowest BCUT2D eigenvalue weighted by atomic mass is 9.93. The summed E-state index contributed by atoms with van der Waals surface area (Å²) in [6, 6.07) is 0.0607. The van der Waals surface area contributed by atoms with Crippen LogP contribution in [0.5, 0.6) is 0 Å². The molecule has 0 aromatic rings. The van der Waals surface area contributed by atoms with Gasteiger partial charge in [0.2, 0.25) is 0 Å². The Bertz CT molecular complexity index is 387. The van der Waals surface area contributed by atoms with E-state index in [4.69, 9.17) is 9.84 Å². The fourth-order valence-corrected chi connectivity index (χ4v) is 4.72. The van der Waals surface area contributed by atoms with Crippen LogP contribution < -0.4 is 0 Å². The van der Waals surface area contributed by atoms with Crippen LogP contribution in [-0.4, -0.2) is 66.6 Å². The van der Waals surface area contributed by atoms with E-state index in [9.17, 15) is 8.42 Å².